The molecule has 6 rings (SSSR count). The number of urea groups is 1. The Morgan fingerprint density at radius 2 is 1.71 bits per heavy atom. The monoisotopic (exact) mass is 564 g/mol. The summed E-state index contributed by atoms with van der Waals surface area (Å²) < 4.78 is 59.9. The predicted molar refractivity (Wildman–Crippen MR) is 141 cm³/mol. The lowest BCUT2D eigenvalue weighted by atomic mass is 10.1. The van der Waals surface area contributed by atoms with E-state index in [4.69, 9.17) is 9.72 Å². The maximum absolute atomic E-state index is 13.9. The Morgan fingerprint density at radius 1 is 0.951 bits per heavy atom. The van der Waals surface area contributed by atoms with Crippen LogP contribution in [-0.2, 0) is 6.18 Å². The average molecular weight is 565 g/mol. The maximum Gasteiger partial charge on any atom is 0.416 e. The average Bonchev–Trinajstić information content (AvgIpc) is 3.33. The Labute approximate surface area is 229 Å². The number of hydrogen-bond donors (Lipinski definition) is 2. The fourth-order valence-electron chi connectivity index (χ4n) is 4.11. The number of amides is 2. The number of carbonyl (C=O) groups excluding carboxylic acids is 1. The van der Waals surface area contributed by atoms with Gasteiger partial charge in [0.2, 0.25) is 0 Å². The normalized spacial score (nSPS) is 13.1. The van der Waals surface area contributed by atoms with Gasteiger partial charge in [0.05, 0.1) is 35.5 Å². The largest absolute Gasteiger partial charge is 0.424 e. The van der Waals surface area contributed by atoms with Crippen LogP contribution in [0.25, 0.3) is 16.8 Å². The van der Waals surface area contributed by atoms with Gasteiger partial charge < -0.3 is 20.3 Å². The molecule has 1 fully saturated rings. The summed E-state index contributed by atoms with van der Waals surface area (Å²) in [5, 5.41) is 8.76. The van der Waals surface area contributed by atoms with Crippen LogP contribution in [0.3, 0.4) is 0 Å². The molecule has 1 aliphatic rings. The third-order valence-electron chi connectivity index (χ3n) is 6.34. The van der Waals surface area contributed by atoms with Gasteiger partial charge in [-0.15, -0.1) is 0 Å². The summed E-state index contributed by atoms with van der Waals surface area (Å²) in [7, 11) is 0. The molecule has 2 amide bonds. The molecule has 5 aromatic rings. The molecule has 2 N–H and O–H groups in total. The minimum atomic E-state index is -4.69. The van der Waals surface area contributed by atoms with Crippen molar-refractivity contribution in [3.63, 3.8) is 0 Å². The number of aromatic nitrogens is 5. The van der Waals surface area contributed by atoms with Crippen LogP contribution in [0.4, 0.5) is 39.5 Å². The van der Waals surface area contributed by atoms with Gasteiger partial charge in [-0.2, -0.15) is 18.3 Å². The number of rotatable bonds is 6. The molecule has 4 heterocycles. The molecule has 0 radical (unpaired) electrons. The minimum Gasteiger partial charge on any atom is -0.424 e. The van der Waals surface area contributed by atoms with E-state index in [-0.39, 0.29) is 11.7 Å². The summed E-state index contributed by atoms with van der Waals surface area (Å²) in [4.78, 5) is 27.2. The Morgan fingerprint density at radius 3 is 2.39 bits per heavy atom. The van der Waals surface area contributed by atoms with Crippen molar-refractivity contribution >= 4 is 28.9 Å². The lowest BCUT2D eigenvalue weighted by molar-refractivity contribution is -0.137. The Kier molecular flexibility index (Phi) is 6.57. The minimum absolute atomic E-state index is 0.00975. The summed E-state index contributed by atoms with van der Waals surface area (Å²) in [5.41, 5.74) is 0.889. The highest BCUT2D eigenvalue weighted by atomic mass is 19.4. The van der Waals surface area contributed by atoms with Crippen molar-refractivity contribution in [2.24, 2.45) is 0 Å². The highest BCUT2D eigenvalue weighted by Crippen LogP contribution is 2.32. The van der Waals surface area contributed by atoms with Crippen molar-refractivity contribution in [3.05, 3.63) is 84.7 Å². The van der Waals surface area contributed by atoms with E-state index < -0.39 is 29.3 Å². The molecule has 3 aromatic heterocycles. The van der Waals surface area contributed by atoms with E-state index in [1.807, 2.05) is 29.7 Å². The summed E-state index contributed by atoms with van der Waals surface area (Å²) >= 11 is 0. The molecule has 1 saturated heterocycles. The highest BCUT2D eigenvalue weighted by Gasteiger charge is 2.31. The number of nitrogens with zero attached hydrogens (tertiary/aromatic N) is 6. The Hall–Kier alpha value is -5.27. The van der Waals surface area contributed by atoms with Gasteiger partial charge >= 0.3 is 18.2 Å². The number of alkyl halides is 3. The van der Waals surface area contributed by atoms with Crippen LogP contribution in [0.5, 0.6) is 11.8 Å². The summed E-state index contributed by atoms with van der Waals surface area (Å²) in [6.07, 6.45) is 2.58. The van der Waals surface area contributed by atoms with E-state index in [0.717, 1.165) is 42.1 Å². The molecule has 0 unspecified atom stereocenters. The van der Waals surface area contributed by atoms with Crippen molar-refractivity contribution in [1.82, 2.24) is 24.6 Å². The van der Waals surface area contributed by atoms with Crippen molar-refractivity contribution in [2.75, 3.05) is 28.6 Å². The van der Waals surface area contributed by atoms with Crippen molar-refractivity contribution < 1.29 is 27.1 Å². The first-order valence-corrected chi connectivity index (χ1v) is 12.4. The first-order valence-electron chi connectivity index (χ1n) is 12.4. The number of carbonyl (C=O) groups is 1. The molecule has 208 valence electrons. The number of anilines is 3. The maximum atomic E-state index is 13.9. The number of ether oxygens (including phenoxy) is 1. The highest BCUT2D eigenvalue weighted by molar-refractivity contribution is 5.99. The second kappa shape index (κ2) is 10.4. The van der Waals surface area contributed by atoms with E-state index >= 15 is 0 Å². The molecular formula is C27H20F4N8O2. The topological polar surface area (TPSA) is 110 Å². The van der Waals surface area contributed by atoms with Crippen LogP contribution in [0.15, 0.2) is 73.3 Å². The molecular weight excluding hydrogens is 544 g/mol. The van der Waals surface area contributed by atoms with Gasteiger partial charge in [-0.05, 0) is 48.4 Å². The molecule has 2 aromatic carbocycles. The van der Waals surface area contributed by atoms with Gasteiger partial charge in [0.25, 0.3) is 0 Å². The summed E-state index contributed by atoms with van der Waals surface area (Å²) in [6.45, 7) is 1.98. The van der Waals surface area contributed by atoms with Gasteiger partial charge in [0, 0.05) is 24.8 Å². The Bertz CT molecular complexity index is 1720. The van der Waals surface area contributed by atoms with Gasteiger partial charge in [0.1, 0.15) is 17.4 Å². The number of nitrogens with one attached hydrogen (secondary N) is 2. The van der Waals surface area contributed by atoms with Crippen LogP contribution in [0, 0.1) is 5.82 Å². The zero-order chi connectivity index (χ0) is 28.6. The van der Waals surface area contributed by atoms with Crippen LogP contribution in [0.2, 0.25) is 0 Å². The van der Waals surface area contributed by atoms with Crippen molar-refractivity contribution in [1.29, 1.82) is 0 Å². The number of hydrogen-bond acceptors (Lipinski definition) is 7. The predicted octanol–water partition coefficient (Wildman–Crippen LogP) is 5.99. The lowest BCUT2D eigenvalue weighted by Crippen LogP contribution is -2.37. The van der Waals surface area contributed by atoms with Crippen LogP contribution in [0.1, 0.15) is 12.0 Å². The lowest BCUT2D eigenvalue weighted by Gasteiger charge is -2.31. The molecule has 14 heteroatoms. The van der Waals surface area contributed by atoms with E-state index in [0.29, 0.717) is 23.9 Å². The SMILES string of the molecule is O=C(Nc1cnc(Oc2ccc(-c3cnn4ccc(N5CCC5)nc34)cc2)nc1)Nc1cc(C(F)(F)F)ccc1F. The van der Waals surface area contributed by atoms with Crippen LogP contribution < -0.4 is 20.3 Å². The molecule has 10 nitrogen and oxygen atoms in total. The molecule has 0 aliphatic carbocycles. The van der Waals surface area contributed by atoms with Gasteiger partial charge in [-0.25, -0.2) is 28.7 Å². The van der Waals surface area contributed by atoms with Crippen molar-refractivity contribution in [3.8, 4) is 22.9 Å². The number of fused-ring (bicyclic) bond motifs is 1. The second-order valence-electron chi connectivity index (χ2n) is 9.11. The molecule has 41 heavy (non-hydrogen) atoms. The first-order chi connectivity index (χ1) is 19.7. The fraction of sp³-hybridized carbons (Fsp3) is 0.148. The van der Waals surface area contributed by atoms with E-state index in [1.165, 1.54) is 12.4 Å². The van der Waals surface area contributed by atoms with Gasteiger partial charge in [-0.3, -0.25) is 0 Å². The van der Waals surface area contributed by atoms with E-state index in [9.17, 15) is 22.4 Å². The molecule has 1 aliphatic heterocycles. The van der Waals surface area contributed by atoms with E-state index in [2.05, 4.69) is 25.3 Å². The zero-order valence-corrected chi connectivity index (χ0v) is 21.1. The standard InChI is InChI=1S/C27H20F4N8O2/c28-21-7-4-17(27(29,30)31)12-22(21)36-25(40)35-18-13-32-26(33-14-18)41-19-5-2-16(3-6-19)20-15-34-39-11-8-23(37-24(20)39)38-9-1-10-38/h2-8,11-15H,1,9-10H2,(H2,35,36,40). The van der Waals surface area contributed by atoms with Crippen molar-refractivity contribution in [2.45, 2.75) is 12.6 Å². The summed E-state index contributed by atoms with van der Waals surface area (Å²) in [6, 6.07) is 9.87. The van der Waals surface area contributed by atoms with Crippen LogP contribution >= 0.6 is 0 Å². The number of benzene rings is 2. The molecule has 0 bridgehead atoms. The third kappa shape index (κ3) is 5.57. The molecule has 0 spiro atoms. The smallest absolute Gasteiger partial charge is 0.416 e. The quantitative estimate of drug-likeness (QED) is 0.244. The summed E-state index contributed by atoms with van der Waals surface area (Å²) in [5.74, 6) is 0.354. The third-order valence-corrected chi connectivity index (χ3v) is 6.34. The van der Waals surface area contributed by atoms with Crippen LogP contribution in [-0.4, -0.2) is 43.7 Å². The number of halogens is 4. The second-order valence-corrected chi connectivity index (χ2v) is 9.11. The molecule has 0 atom stereocenters. The van der Waals surface area contributed by atoms with Gasteiger partial charge in [-0.1, -0.05) is 12.1 Å². The molecule has 0 saturated carbocycles. The zero-order valence-electron chi connectivity index (χ0n) is 21.1. The van der Waals surface area contributed by atoms with E-state index in [1.54, 1.807) is 22.8 Å². The fourth-order valence-corrected chi connectivity index (χ4v) is 4.11. The first kappa shape index (κ1) is 26.0. The van der Waals surface area contributed by atoms with Gasteiger partial charge in [0.15, 0.2) is 5.65 Å². The Balaban J connectivity index is 1.09.